The molecule has 1 aromatic carbocycles. The van der Waals surface area contributed by atoms with Crippen molar-refractivity contribution in [2.75, 3.05) is 0 Å². The molecule has 0 bridgehead atoms. The fraction of sp³-hybridized carbons (Fsp3) is 0.182. The number of thiocarbonyl (C=S) groups is 1. The van der Waals surface area contributed by atoms with E-state index in [-0.39, 0.29) is 12.3 Å². The van der Waals surface area contributed by atoms with E-state index in [9.17, 15) is 9.90 Å². The van der Waals surface area contributed by atoms with E-state index in [1.807, 2.05) is 0 Å². The average Bonchev–Trinajstić information content (AvgIpc) is 2.68. The monoisotopic (exact) mass is 251 g/mol. The summed E-state index contributed by atoms with van der Waals surface area (Å²) in [4.78, 5) is 14.8. The number of carboxylic acid groups (broad SMARTS) is 1. The van der Waals surface area contributed by atoms with E-state index in [2.05, 4.69) is 17.2 Å². The summed E-state index contributed by atoms with van der Waals surface area (Å²) in [5.41, 5.74) is 1.14. The highest BCUT2D eigenvalue weighted by Crippen LogP contribution is 2.24. The van der Waals surface area contributed by atoms with E-state index < -0.39 is 16.9 Å². The molecule has 6 heteroatoms. The predicted octanol–water partition coefficient (Wildman–Crippen LogP) is 2.27. The van der Waals surface area contributed by atoms with Crippen molar-refractivity contribution in [3.8, 4) is 0 Å². The van der Waals surface area contributed by atoms with Crippen molar-refractivity contribution in [1.82, 2.24) is 4.98 Å². The molecule has 17 heavy (non-hydrogen) atoms. The molecule has 0 saturated carbocycles. The molecular formula is C11H9NO4S. The Morgan fingerprint density at radius 2 is 2.12 bits per heavy atom. The van der Waals surface area contributed by atoms with Crippen molar-refractivity contribution in [3.05, 3.63) is 30.2 Å². The second-order valence-electron chi connectivity index (χ2n) is 3.51. The second kappa shape index (κ2) is 4.50. The van der Waals surface area contributed by atoms with Crippen LogP contribution in [0.5, 0.6) is 0 Å². The molecule has 0 radical (unpaired) electrons. The minimum atomic E-state index is -1.08. The van der Waals surface area contributed by atoms with Gasteiger partial charge in [0.15, 0.2) is 10.6 Å². The lowest BCUT2D eigenvalue weighted by atomic mass is 10.1. The molecule has 0 fully saturated rings. The Morgan fingerprint density at radius 1 is 1.41 bits per heavy atom. The molecule has 2 aromatic rings. The second-order valence-corrected chi connectivity index (χ2v) is 3.93. The van der Waals surface area contributed by atoms with Gasteiger partial charge in [-0.15, -0.1) is 0 Å². The summed E-state index contributed by atoms with van der Waals surface area (Å²) >= 11 is 4.61. The number of carboxylic acids is 1. The van der Waals surface area contributed by atoms with Crippen LogP contribution < -0.4 is 0 Å². The first kappa shape index (κ1) is 11.5. The quantitative estimate of drug-likeness (QED) is 0.811. The lowest BCUT2D eigenvalue weighted by Crippen LogP contribution is -2.14. The number of aliphatic hydroxyl groups is 1. The standard InChI is InChI=1S/C11H9NO4S/c13-9(14)5-6(11(15)17)10-12-7-3-1-2-4-8(7)16-10/h1-4,6H,5H2,(H,13,14)(H,15,17). The number of para-hydroxylation sites is 2. The highest BCUT2D eigenvalue weighted by atomic mass is 32.1. The maximum Gasteiger partial charge on any atom is 0.304 e. The molecule has 1 aromatic heterocycles. The predicted molar refractivity (Wildman–Crippen MR) is 64.2 cm³/mol. The van der Waals surface area contributed by atoms with Gasteiger partial charge in [0.25, 0.3) is 0 Å². The number of aliphatic hydroxyl groups excluding tert-OH is 1. The Morgan fingerprint density at radius 3 is 2.71 bits per heavy atom. The Labute approximate surface area is 102 Å². The molecule has 1 atom stereocenters. The van der Waals surface area contributed by atoms with Gasteiger partial charge >= 0.3 is 5.97 Å². The van der Waals surface area contributed by atoms with Gasteiger partial charge in [0.1, 0.15) is 11.4 Å². The summed E-state index contributed by atoms with van der Waals surface area (Å²) in [6.07, 6.45) is -0.345. The van der Waals surface area contributed by atoms with E-state index in [0.717, 1.165) is 0 Å². The van der Waals surface area contributed by atoms with Gasteiger partial charge in [-0.1, -0.05) is 12.1 Å². The lowest BCUT2D eigenvalue weighted by Gasteiger charge is -2.06. The third-order valence-electron chi connectivity index (χ3n) is 2.29. The maximum atomic E-state index is 10.7. The Bertz CT molecular complexity index is 545. The van der Waals surface area contributed by atoms with Gasteiger partial charge in [0.05, 0.1) is 6.42 Å². The van der Waals surface area contributed by atoms with E-state index >= 15 is 0 Å². The first-order chi connectivity index (χ1) is 8.08. The zero-order valence-corrected chi connectivity index (χ0v) is 9.48. The van der Waals surface area contributed by atoms with Crippen molar-refractivity contribution in [3.63, 3.8) is 0 Å². The van der Waals surface area contributed by atoms with Gasteiger partial charge in [0.2, 0.25) is 5.89 Å². The smallest absolute Gasteiger partial charge is 0.304 e. The molecule has 88 valence electrons. The first-order valence-corrected chi connectivity index (χ1v) is 5.29. The molecule has 1 heterocycles. The number of oxazole rings is 1. The maximum absolute atomic E-state index is 10.7. The molecule has 0 spiro atoms. The van der Waals surface area contributed by atoms with Gasteiger partial charge in [0, 0.05) is 0 Å². The van der Waals surface area contributed by atoms with Gasteiger partial charge in [-0.3, -0.25) is 4.79 Å². The van der Waals surface area contributed by atoms with E-state index in [1.54, 1.807) is 24.3 Å². The summed E-state index contributed by atoms with van der Waals surface area (Å²) < 4.78 is 5.37. The van der Waals surface area contributed by atoms with E-state index in [1.165, 1.54) is 0 Å². The number of benzene rings is 1. The van der Waals surface area contributed by atoms with Crippen molar-refractivity contribution in [2.24, 2.45) is 0 Å². The summed E-state index contributed by atoms with van der Waals surface area (Å²) in [7, 11) is 0. The van der Waals surface area contributed by atoms with Crippen LogP contribution in [0.4, 0.5) is 0 Å². The molecule has 0 aliphatic rings. The minimum absolute atomic E-state index is 0.126. The molecule has 0 aliphatic carbocycles. The molecule has 2 N–H and O–H groups in total. The van der Waals surface area contributed by atoms with Crippen LogP contribution in [-0.2, 0) is 4.79 Å². The van der Waals surface area contributed by atoms with Crippen LogP contribution in [0.2, 0.25) is 0 Å². The van der Waals surface area contributed by atoms with Crippen LogP contribution in [0.15, 0.2) is 28.7 Å². The third kappa shape index (κ3) is 2.42. The van der Waals surface area contributed by atoms with E-state index in [0.29, 0.717) is 11.1 Å². The normalized spacial score (nSPS) is 12.5. The van der Waals surface area contributed by atoms with Gasteiger partial charge < -0.3 is 14.6 Å². The summed E-state index contributed by atoms with van der Waals surface area (Å²) in [5, 5.41) is 17.6. The Balaban J connectivity index is 2.41. The van der Waals surface area contributed by atoms with Crippen LogP contribution in [0.1, 0.15) is 18.2 Å². The average molecular weight is 251 g/mol. The highest BCUT2D eigenvalue weighted by molar-refractivity contribution is 7.80. The SMILES string of the molecule is O=C(O)CC(C(O)=S)c1nc2ccccc2o1. The number of hydrogen-bond donors (Lipinski definition) is 2. The van der Waals surface area contributed by atoms with Crippen LogP contribution >= 0.6 is 12.2 Å². The van der Waals surface area contributed by atoms with Gasteiger partial charge in [-0.2, -0.15) is 0 Å². The number of hydrogen-bond acceptors (Lipinski definition) is 4. The summed E-state index contributed by atoms with van der Waals surface area (Å²) in [5.74, 6) is -1.84. The molecule has 0 amide bonds. The van der Waals surface area contributed by atoms with Crippen molar-refractivity contribution >= 4 is 34.3 Å². The van der Waals surface area contributed by atoms with Gasteiger partial charge in [-0.25, -0.2) is 4.98 Å². The van der Waals surface area contributed by atoms with Gasteiger partial charge in [-0.05, 0) is 24.4 Å². The highest BCUT2D eigenvalue weighted by Gasteiger charge is 2.25. The number of nitrogens with zero attached hydrogens (tertiary/aromatic N) is 1. The Hall–Kier alpha value is -1.95. The summed E-state index contributed by atoms with van der Waals surface area (Å²) in [6, 6.07) is 7.02. The van der Waals surface area contributed by atoms with Crippen LogP contribution in [-0.4, -0.2) is 26.2 Å². The molecule has 0 saturated heterocycles. The van der Waals surface area contributed by atoms with E-state index in [4.69, 9.17) is 9.52 Å². The molecule has 2 rings (SSSR count). The van der Waals surface area contributed by atoms with Crippen molar-refractivity contribution in [2.45, 2.75) is 12.3 Å². The number of aromatic nitrogens is 1. The topological polar surface area (TPSA) is 83.6 Å². The molecule has 0 aliphatic heterocycles. The lowest BCUT2D eigenvalue weighted by molar-refractivity contribution is -0.137. The molecule has 5 nitrogen and oxygen atoms in total. The summed E-state index contributed by atoms with van der Waals surface area (Å²) in [6.45, 7) is 0. The molecular weight excluding hydrogens is 242 g/mol. The third-order valence-corrected chi connectivity index (χ3v) is 2.57. The zero-order chi connectivity index (χ0) is 12.4. The van der Waals surface area contributed by atoms with Crippen LogP contribution in [0.25, 0.3) is 11.1 Å². The number of fused-ring (bicyclic) bond motifs is 1. The number of carbonyl (C=O) groups is 1. The van der Waals surface area contributed by atoms with Crippen LogP contribution in [0.3, 0.4) is 0 Å². The fourth-order valence-corrected chi connectivity index (χ4v) is 1.68. The largest absolute Gasteiger partial charge is 0.501 e. The number of aliphatic carboxylic acids is 1. The number of rotatable bonds is 4. The Kier molecular flexibility index (Phi) is 3.06. The molecule has 1 unspecified atom stereocenters. The fourth-order valence-electron chi connectivity index (χ4n) is 1.49. The van der Waals surface area contributed by atoms with Crippen molar-refractivity contribution < 1.29 is 19.4 Å². The minimum Gasteiger partial charge on any atom is -0.501 e. The first-order valence-electron chi connectivity index (χ1n) is 4.88. The van der Waals surface area contributed by atoms with Crippen molar-refractivity contribution in [1.29, 1.82) is 0 Å². The van der Waals surface area contributed by atoms with Crippen LogP contribution in [0, 0.1) is 0 Å². The zero-order valence-electron chi connectivity index (χ0n) is 8.66.